The molecule has 1 nitrogen and oxygen atoms in total. The summed E-state index contributed by atoms with van der Waals surface area (Å²) in [7, 11) is 0. The Morgan fingerprint density at radius 1 is 1.30 bits per heavy atom. The van der Waals surface area contributed by atoms with Crippen LogP contribution in [-0.4, -0.2) is 6.04 Å². The topological polar surface area (TPSA) is 12.0 Å². The largest absolute Gasteiger partial charge is 0.416 e. The molecule has 1 aromatic carbocycles. The third-order valence-electron chi connectivity index (χ3n) is 4.01. The zero-order chi connectivity index (χ0) is 14.8. The third kappa shape index (κ3) is 4.23. The molecule has 2 rings (SSSR count). The average Bonchev–Trinajstić information content (AvgIpc) is 3.21. The summed E-state index contributed by atoms with van der Waals surface area (Å²) in [6.45, 7) is 4.06. The first-order valence-corrected chi connectivity index (χ1v) is 7.33. The van der Waals surface area contributed by atoms with Gasteiger partial charge in [0.2, 0.25) is 0 Å². The Morgan fingerprint density at radius 2 is 2.00 bits per heavy atom. The SMILES string of the molecule is CCC(CC1CC1)NC(C)c1cccc(C(F)(F)F)c1. The minimum absolute atomic E-state index is 0.0546. The fraction of sp³-hybridized carbons (Fsp3) is 0.625. The van der Waals surface area contributed by atoms with Gasteiger partial charge in [-0.25, -0.2) is 0 Å². The molecule has 20 heavy (non-hydrogen) atoms. The van der Waals surface area contributed by atoms with E-state index in [0.717, 1.165) is 24.8 Å². The molecule has 1 aliphatic carbocycles. The molecule has 0 saturated heterocycles. The van der Waals surface area contributed by atoms with Crippen LogP contribution >= 0.6 is 0 Å². The van der Waals surface area contributed by atoms with Crippen molar-refractivity contribution < 1.29 is 13.2 Å². The van der Waals surface area contributed by atoms with Crippen molar-refractivity contribution in [2.24, 2.45) is 5.92 Å². The molecule has 0 heterocycles. The van der Waals surface area contributed by atoms with E-state index in [1.54, 1.807) is 6.07 Å². The van der Waals surface area contributed by atoms with Gasteiger partial charge in [-0.15, -0.1) is 0 Å². The standard InChI is InChI=1S/C16H22F3N/c1-3-15(9-12-7-8-12)20-11(2)13-5-4-6-14(10-13)16(17,18)19/h4-6,10-12,15,20H,3,7-9H2,1-2H3. The van der Waals surface area contributed by atoms with Crippen molar-refractivity contribution in [1.29, 1.82) is 0 Å². The zero-order valence-electron chi connectivity index (χ0n) is 12.0. The highest BCUT2D eigenvalue weighted by molar-refractivity contribution is 5.27. The van der Waals surface area contributed by atoms with E-state index in [4.69, 9.17) is 0 Å². The number of benzene rings is 1. The molecule has 112 valence electrons. The summed E-state index contributed by atoms with van der Waals surface area (Å²) >= 11 is 0. The number of alkyl halides is 3. The summed E-state index contributed by atoms with van der Waals surface area (Å²) in [5, 5.41) is 3.47. The van der Waals surface area contributed by atoms with Gasteiger partial charge in [0.25, 0.3) is 0 Å². The van der Waals surface area contributed by atoms with Crippen LogP contribution in [0.15, 0.2) is 24.3 Å². The Balaban J connectivity index is 2.02. The molecule has 0 bridgehead atoms. The molecule has 1 saturated carbocycles. The van der Waals surface area contributed by atoms with Crippen molar-refractivity contribution in [1.82, 2.24) is 5.32 Å². The van der Waals surface area contributed by atoms with Crippen molar-refractivity contribution in [3.05, 3.63) is 35.4 Å². The van der Waals surface area contributed by atoms with Crippen LogP contribution in [0.3, 0.4) is 0 Å². The minimum atomic E-state index is -4.27. The molecule has 1 fully saturated rings. The Bertz CT molecular complexity index is 438. The van der Waals surface area contributed by atoms with E-state index in [2.05, 4.69) is 12.2 Å². The van der Waals surface area contributed by atoms with Gasteiger partial charge in [-0.1, -0.05) is 31.9 Å². The van der Waals surface area contributed by atoms with Gasteiger partial charge in [-0.3, -0.25) is 0 Å². The molecular weight excluding hydrogens is 263 g/mol. The summed E-state index contributed by atoms with van der Waals surface area (Å²) in [6, 6.07) is 5.96. The van der Waals surface area contributed by atoms with Gasteiger partial charge in [-0.05, 0) is 43.4 Å². The predicted octanol–water partition coefficient (Wildman–Crippen LogP) is 4.93. The van der Waals surface area contributed by atoms with E-state index in [1.165, 1.54) is 25.0 Å². The molecule has 0 aromatic heterocycles. The molecule has 0 radical (unpaired) electrons. The van der Waals surface area contributed by atoms with Crippen LogP contribution < -0.4 is 5.32 Å². The maximum atomic E-state index is 12.7. The lowest BCUT2D eigenvalue weighted by atomic mass is 10.0. The molecule has 1 N–H and O–H groups in total. The Kier molecular flexibility index (Phi) is 4.74. The lowest BCUT2D eigenvalue weighted by Gasteiger charge is -2.23. The molecule has 0 aliphatic heterocycles. The van der Waals surface area contributed by atoms with Crippen LogP contribution in [0.4, 0.5) is 13.2 Å². The van der Waals surface area contributed by atoms with Gasteiger partial charge >= 0.3 is 6.18 Å². The van der Waals surface area contributed by atoms with Crippen molar-refractivity contribution >= 4 is 0 Å². The quantitative estimate of drug-likeness (QED) is 0.781. The lowest BCUT2D eigenvalue weighted by Crippen LogP contribution is -2.31. The second kappa shape index (κ2) is 6.17. The van der Waals surface area contributed by atoms with Gasteiger partial charge in [-0.2, -0.15) is 13.2 Å². The third-order valence-corrected chi connectivity index (χ3v) is 4.01. The summed E-state index contributed by atoms with van der Waals surface area (Å²) in [4.78, 5) is 0. The van der Waals surface area contributed by atoms with Gasteiger partial charge in [0, 0.05) is 12.1 Å². The predicted molar refractivity (Wildman–Crippen MR) is 74.4 cm³/mol. The number of hydrogen-bond donors (Lipinski definition) is 1. The van der Waals surface area contributed by atoms with Gasteiger partial charge in [0.1, 0.15) is 0 Å². The van der Waals surface area contributed by atoms with Crippen LogP contribution in [0.5, 0.6) is 0 Å². The molecule has 4 heteroatoms. The van der Waals surface area contributed by atoms with E-state index in [9.17, 15) is 13.2 Å². The molecule has 1 aliphatic rings. The highest BCUT2D eigenvalue weighted by Crippen LogP contribution is 2.35. The maximum Gasteiger partial charge on any atom is 0.416 e. The minimum Gasteiger partial charge on any atom is -0.307 e. The Morgan fingerprint density at radius 3 is 2.55 bits per heavy atom. The van der Waals surface area contributed by atoms with Crippen molar-refractivity contribution in [3.8, 4) is 0 Å². The zero-order valence-corrected chi connectivity index (χ0v) is 12.0. The van der Waals surface area contributed by atoms with Crippen molar-refractivity contribution in [2.45, 2.75) is 57.8 Å². The van der Waals surface area contributed by atoms with E-state index < -0.39 is 11.7 Å². The second-order valence-corrected chi connectivity index (χ2v) is 5.80. The molecule has 0 spiro atoms. The molecule has 0 amide bonds. The second-order valence-electron chi connectivity index (χ2n) is 5.80. The first-order chi connectivity index (χ1) is 9.40. The Hall–Kier alpha value is -1.03. The van der Waals surface area contributed by atoms with Crippen LogP contribution in [0, 0.1) is 5.92 Å². The number of nitrogens with one attached hydrogen (secondary N) is 1. The monoisotopic (exact) mass is 285 g/mol. The van der Waals surface area contributed by atoms with E-state index in [0.29, 0.717) is 11.6 Å². The first kappa shape index (κ1) is 15.4. The average molecular weight is 285 g/mol. The fourth-order valence-corrected chi connectivity index (χ4v) is 2.54. The number of hydrogen-bond acceptors (Lipinski definition) is 1. The molecule has 1 aromatic rings. The smallest absolute Gasteiger partial charge is 0.307 e. The number of rotatable bonds is 6. The molecule has 2 unspecified atom stereocenters. The van der Waals surface area contributed by atoms with Gasteiger partial charge in [0.15, 0.2) is 0 Å². The summed E-state index contributed by atoms with van der Waals surface area (Å²) in [6.07, 6.45) is 0.486. The lowest BCUT2D eigenvalue weighted by molar-refractivity contribution is -0.137. The van der Waals surface area contributed by atoms with Crippen molar-refractivity contribution in [3.63, 3.8) is 0 Å². The van der Waals surface area contributed by atoms with Crippen LogP contribution in [0.1, 0.15) is 56.7 Å². The maximum absolute atomic E-state index is 12.7. The van der Waals surface area contributed by atoms with Crippen LogP contribution in [0.25, 0.3) is 0 Å². The van der Waals surface area contributed by atoms with Crippen molar-refractivity contribution in [2.75, 3.05) is 0 Å². The molecule has 2 atom stereocenters. The van der Waals surface area contributed by atoms with E-state index in [1.807, 2.05) is 6.92 Å². The fourth-order valence-electron chi connectivity index (χ4n) is 2.54. The highest BCUT2D eigenvalue weighted by atomic mass is 19.4. The highest BCUT2D eigenvalue weighted by Gasteiger charge is 2.31. The van der Waals surface area contributed by atoms with Gasteiger partial charge in [0.05, 0.1) is 5.56 Å². The van der Waals surface area contributed by atoms with Crippen LogP contribution in [-0.2, 0) is 6.18 Å². The number of halogens is 3. The Labute approximate surface area is 118 Å². The summed E-state index contributed by atoms with van der Waals surface area (Å²) in [5.41, 5.74) is 0.132. The van der Waals surface area contributed by atoms with Crippen LogP contribution in [0.2, 0.25) is 0 Å². The normalized spacial score (nSPS) is 18.9. The first-order valence-electron chi connectivity index (χ1n) is 7.33. The summed E-state index contributed by atoms with van der Waals surface area (Å²) < 4.78 is 38.2. The molecular formula is C16H22F3N. The summed E-state index contributed by atoms with van der Waals surface area (Å²) in [5.74, 6) is 0.821. The van der Waals surface area contributed by atoms with E-state index >= 15 is 0 Å². The van der Waals surface area contributed by atoms with Gasteiger partial charge < -0.3 is 5.32 Å². The van der Waals surface area contributed by atoms with E-state index in [-0.39, 0.29) is 6.04 Å².